The van der Waals surface area contributed by atoms with Gasteiger partial charge in [0.2, 0.25) is 0 Å². The molecular formula is C52H100O6. The van der Waals surface area contributed by atoms with Crippen molar-refractivity contribution in [1.29, 1.82) is 0 Å². The van der Waals surface area contributed by atoms with Crippen LogP contribution in [-0.4, -0.2) is 37.2 Å². The molecule has 0 aromatic carbocycles. The molecule has 0 amide bonds. The van der Waals surface area contributed by atoms with Crippen molar-refractivity contribution < 1.29 is 28.6 Å². The summed E-state index contributed by atoms with van der Waals surface area (Å²) < 4.78 is 16.8. The Hall–Kier alpha value is -1.59. The maximum atomic E-state index is 12.8. The number of hydrogen-bond acceptors (Lipinski definition) is 6. The Morgan fingerprint density at radius 2 is 0.569 bits per heavy atom. The lowest BCUT2D eigenvalue weighted by Crippen LogP contribution is -2.30. The fourth-order valence-electron chi connectivity index (χ4n) is 7.81. The van der Waals surface area contributed by atoms with Crippen LogP contribution < -0.4 is 0 Å². The Morgan fingerprint density at radius 1 is 0.328 bits per heavy atom. The van der Waals surface area contributed by atoms with E-state index in [2.05, 4.69) is 34.6 Å². The first-order chi connectivity index (χ1) is 28.2. The molecule has 0 aromatic rings. The summed E-state index contributed by atoms with van der Waals surface area (Å²) in [5.41, 5.74) is 0. The first kappa shape index (κ1) is 56.4. The molecule has 0 N–H and O–H groups in total. The number of carbonyl (C=O) groups is 3. The highest BCUT2D eigenvalue weighted by Gasteiger charge is 2.19. The summed E-state index contributed by atoms with van der Waals surface area (Å²) in [6.45, 7) is 11.4. The molecule has 1 atom stereocenters. The van der Waals surface area contributed by atoms with Gasteiger partial charge in [-0.2, -0.15) is 0 Å². The number of esters is 3. The third kappa shape index (κ3) is 45.5. The van der Waals surface area contributed by atoms with Crippen molar-refractivity contribution in [2.45, 2.75) is 291 Å². The lowest BCUT2D eigenvalue weighted by Gasteiger charge is -2.18. The zero-order valence-corrected chi connectivity index (χ0v) is 39.7. The van der Waals surface area contributed by atoms with Crippen LogP contribution in [0.1, 0.15) is 285 Å². The quantitative estimate of drug-likeness (QED) is 0.0346. The molecule has 0 spiro atoms. The highest BCUT2D eigenvalue weighted by atomic mass is 16.6. The maximum absolute atomic E-state index is 12.8. The van der Waals surface area contributed by atoms with E-state index in [1.807, 2.05) is 0 Å². The van der Waals surface area contributed by atoms with Gasteiger partial charge in [-0.05, 0) is 31.1 Å². The van der Waals surface area contributed by atoms with Crippen molar-refractivity contribution in [3.63, 3.8) is 0 Å². The van der Waals surface area contributed by atoms with Crippen LogP contribution in [-0.2, 0) is 28.6 Å². The lowest BCUT2D eigenvalue weighted by molar-refractivity contribution is -0.167. The largest absolute Gasteiger partial charge is 0.462 e. The Morgan fingerprint density at radius 3 is 0.845 bits per heavy atom. The summed E-state index contributed by atoms with van der Waals surface area (Å²) >= 11 is 0. The number of hydrogen-bond donors (Lipinski definition) is 0. The number of unbranched alkanes of at least 4 members (excludes halogenated alkanes) is 31. The van der Waals surface area contributed by atoms with E-state index in [0.29, 0.717) is 19.3 Å². The maximum Gasteiger partial charge on any atom is 0.306 e. The van der Waals surface area contributed by atoms with Gasteiger partial charge in [-0.1, -0.05) is 247 Å². The summed E-state index contributed by atoms with van der Waals surface area (Å²) in [5, 5.41) is 0. The summed E-state index contributed by atoms with van der Waals surface area (Å²) in [5.74, 6) is 0.793. The monoisotopic (exact) mass is 821 g/mol. The van der Waals surface area contributed by atoms with E-state index in [1.165, 1.54) is 173 Å². The minimum atomic E-state index is -0.761. The molecular weight excluding hydrogens is 721 g/mol. The molecule has 0 aliphatic carbocycles. The average molecular weight is 821 g/mol. The van der Waals surface area contributed by atoms with E-state index in [-0.39, 0.29) is 31.1 Å². The predicted molar refractivity (Wildman–Crippen MR) is 247 cm³/mol. The molecule has 0 bridgehead atoms. The van der Waals surface area contributed by atoms with Gasteiger partial charge in [0.1, 0.15) is 13.2 Å². The van der Waals surface area contributed by atoms with Crippen LogP contribution in [0.5, 0.6) is 0 Å². The van der Waals surface area contributed by atoms with Gasteiger partial charge in [0.05, 0.1) is 0 Å². The number of rotatable bonds is 46. The van der Waals surface area contributed by atoms with E-state index in [9.17, 15) is 14.4 Å². The molecule has 6 heteroatoms. The van der Waals surface area contributed by atoms with Gasteiger partial charge in [-0.25, -0.2) is 0 Å². The van der Waals surface area contributed by atoms with Gasteiger partial charge < -0.3 is 14.2 Å². The molecule has 0 rings (SSSR count). The highest BCUT2D eigenvalue weighted by molar-refractivity contribution is 5.71. The molecule has 0 aromatic heterocycles. The molecule has 0 heterocycles. The average Bonchev–Trinajstić information content (AvgIpc) is 3.19. The molecule has 344 valence electrons. The van der Waals surface area contributed by atoms with E-state index in [1.54, 1.807) is 0 Å². The lowest BCUT2D eigenvalue weighted by atomic mass is 10.0. The Bertz CT molecular complexity index is 885. The molecule has 0 saturated heterocycles. The highest BCUT2D eigenvalue weighted by Crippen LogP contribution is 2.17. The molecule has 0 unspecified atom stereocenters. The van der Waals surface area contributed by atoms with Crippen LogP contribution in [0.2, 0.25) is 0 Å². The third-order valence-electron chi connectivity index (χ3n) is 11.7. The second-order valence-corrected chi connectivity index (χ2v) is 18.8. The number of ether oxygens (including phenoxy) is 3. The normalized spacial score (nSPS) is 12.1. The summed E-state index contributed by atoms with van der Waals surface area (Å²) in [7, 11) is 0. The molecule has 0 aliphatic heterocycles. The molecule has 58 heavy (non-hydrogen) atoms. The van der Waals surface area contributed by atoms with Gasteiger partial charge in [-0.15, -0.1) is 0 Å². The summed E-state index contributed by atoms with van der Waals surface area (Å²) in [6, 6.07) is 0. The minimum Gasteiger partial charge on any atom is -0.462 e. The van der Waals surface area contributed by atoms with Crippen LogP contribution >= 0.6 is 0 Å². The minimum absolute atomic E-state index is 0.0638. The van der Waals surface area contributed by atoms with E-state index >= 15 is 0 Å². The Balaban J connectivity index is 4.31. The van der Waals surface area contributed by atoms with Crippen LogP contribution in [0.25, 0.3) is 0 Å². The Labute approximate surface area is 361 Å². The molecule has 0 saturated carbocycles. The van der Waals surface area contributed by atoms with Crippen molar-refractivity contribution in [3.05, 3.63) is 0 Å². The van der Waals surface area contributed by atoms with Crippen molar-refractivity contribution in [2.24, 2.45) is 11.8 Å². The van der Waals surface area contributed by atoms with Gasteiger partial charge in [-0.3, -0.25) is 14.4 Å². The Kier molecular flexibility index (Phi) is 43.7. The predicted octanol–water partition coefficient (Wildman–Crippen LogP) is 16.5. The van der Waals surface area contributed by atoms with Gasteiger partial charge in [0, 0.05) is 19.3 Å². The van der Waals surface area contributed by atoms with Crippen molar-refractivity contribution >= 4 is 17.9 Å². The first-order valence-electron chi connectivity index (χ1n) is 25.7. The zero-order valence-electron chi connectivity index (χ0n) is 39.7. The fraction of sp³-hybridized carbons (Fsp3) is 0.942. The topological polar surface area (TPSA) is 78.9 Å². The van der Waals surface area contributed by atoms with Crippen molar-refractivity contribution in [2.75, 3.05) is 13.2 Å². The van der Waals surface area contributed by atoms with E-state index in [0.717, 1.165) is 69.6 Å². The second-order valence-electron chi connectivity index (χ2n) is 18.8. The molecule has 0 radical (unpaired) electrons. The van der Waals surface area contributed by atoms with Crippen LogP contribution in [0.3, 0.4) is 0 Å². The SMILES string of the molecule is CCCCCCCCCCCCCCCC(=O)O[C@@H](COC(=O)CCCCCCCCCCCCCCC(C)C)COC(=O)CCCCCCCCCCCC(C)C. The molecule has 0 fully saturated rings. The van der Waals surface area contributed by atoms with Crippen LogP contribution in [0.15, 0.2) is 0 Å². The van der Waals surface area contributed by atoms with E-state index < -0.39 is 6.10 Å². The van der Waals surface area contributed by atoms with Gasteiger partial charge >= 0.3 is 17.9 Å². The smallest absolute Gasteiger partial charge is 0.306 e. The zero-order chi connectivity index (χ0) is 42.6. The van der Waals surface area contributed by atoms with E-state index in [4.69, 9.17) is 14.2 Å². The summed E-state index contributed by atoms with van der Waals surface area (Å²) in [6.07, 6.45) is 45.1. The first-order valence-corrected chi connectivity index (χ1v) is 25.7. The molecule has 6 nitrogen and oxygen atoms in total. The van der Waals surface area contributed by atoms with Crippen molar-refractivity contribution in [1.82, 2.24) is 0 Å². The third-order valence-corrected chi connectivity index (χ3v) is 11.7. The molecule has 0 aliphatic rings. The fourth-order valence-corrected chi connectivity index (χ4v) is 7.81. The number of carbonyl (C=O) groups excluding carboxylic acids is 3. The second kappa shape index (κ2) is 44.9. The van der Waals surface area contributed by atoms with Crippen molar-refractivity contribution in [3.8, 4) is 0 Å². The van der Waals surface area contributed by atoms with Gasteiger partial charge in [0.15, 0.2) is 6.10 Å². The van der Waals surface area contributed by atoms with Crippen LogP contribution in [0, 0.1) is 11.8 Å². The van der Waals surface area contributed by atoms with Crippen LogP contribution in [0.4, 0.5) is 0 Å². The standard InChI is InChI=1S/C52H100O6/c1-6-7-8-9-10-11-12-13-18-23-29-34-39-44-52(55)58-49(46-57-51(54)43-38-33-28-24-19-21-26-31-36-41-48(4)5)45-56-50(53)42-37-32-27-22-17-15-14-16-20-25-30-35-40-47(2)3/h47-49H,6-46H2,1-5H3/t49-/m0/s1. The summed E-state index contributed by atoms with van der Waals surface area (Å²) in [4.78, 5) is 37.9. The van der Waals surface area contributed by atoms with Gasteiger partial charge in [0.25, 0.3) is 0 Å².